The average Bonchev–Trinajstić information content (AvgIpc) is 3.01. The topological polar surface area (TPSA) is 87.7 Å². The third-order valence-electron chi connectivity index (χ3n) is 5.30. The Balaban J connectivity index is 1.71. The Bertz CT molecular complexity index is 904. The third kappa shape index (κ3) is 6.16. The van der Waals surface area contributed by atoms with Gasteiger partial charge in [0, 0.05) is 43.9 Å². The second-order valence-corrected chi connectivity index (χ2v) is 7.61. The second-order valence-electron chi connectivity index (χ2n) is 7.61. The van der Waals surface area contributed by atoms with E-state index in [0.717, 1.165) is 42.3 Å². The number of hydrogen-bond donors (Lipinski definition) is 1. The van der Waals surface area contributed by atoms with Crippen molar-refractivity contribution in [2.75, 3.05) is 44.2 Å². The Morgan fingerprint density at radius 1 is 1.06 bits per heavy atom. The predicted octanol–water partition coefficient (Wildman–Crippen LogP) is 2.47. The van der Waals surface area contributed by atoms with Crippen LogP contribution in [0.15, 0.2) is 30.3 Å². The molecule has 1 saturated heterocycles. The second kappa shape index (κ2) is 10.7. The van der Waals surface area contributed by atoms with Crippen LogP contribution >= 0.6 is 0 Å². The molecular formula is C23H31N5O3. The van der Waals surface area contributed by atoms with Crippen LogP contribution in [0.3, 0.4) is 0 Å². The fraction of sp³-hybridized carbons (Fsp3) is 0.478. The lowest BCUT2D eigenvalue weighted by Gasteiger charge is -2.26. The number of ether oxygens (including phenoxy) is 1. The summed E-state index contributed by atoms with van der Waals surface area (Å²) in [5, 5.41) is 2.65. The maximum atomic E-state index is 12.5. The zero-order valence-electron chi connectivity index (χ0n) is 18.6. The molecule has 0 unspecified atom stereocenters. The molecule has 0 atom stereocenters. The number of nitrogens with one attached hydrogen (secondary N) is 1. The fourth-order valence-corrected chi connectivity index (χ4v) is 3.79. The number of anilines is 1. The van der Waals surface area contributed by atoms with Crippen molar-refractivity contribution < 1.29 is 14.3 Å². The molecule has 2 amide bonds. The van der Waals surface area contributed by atoms with Gasteiger partial charge in [0.05, 0.1) is 6.61 Å². The number of urea groups is 1. The van der Waals surface area contributed by atoms with Gasteiger partial charge < -0.3 is 19.9 Å². The maximum absolute atomic E-state index is 12.5. The molecule has 2 aromatic rings. The summed E-state index contributed by atoms with van der Waals surface area (Å²) in [7, 11) is 0. The van der Waals surface area contributed by atoms with Crippen LogP contribution in [0.2, 0.25) is 0 Å². The number of aryl methyl sites for hydroxylation is 2. The van der Waals surface area contributed by atoms with Crippen LogP contribution in [0.25, 0.3) is 0 Å². The van der Waals surface area contributed by atoms with Crippen LogP contribution < -0.4 is 10.2 Å². The molecule has 0 aliphatic carbocycles. The highest BCUT2D eigenvalue weighted by Crippen LogP contribution is 2.25. The van der Waals surface area contributed by atoms with Crippen LogP contribution in [0.1, 0.15) is 36.0 Å². The van der Waals surface area contributed by atoms with Crippen molar-refractivity contribution >= 4 is 17.8 Å². The van der Waals surface area contributed by atoms with Gasteiger partial charge in [0.1, 0.15) is 18.2 Å². The predicted molar refractivity (Wildman–Crippen MR) is 119 cm³/mol. The minimum atomic E-state index is -0.426. The summed E-state index contributed by atoms with van der Waals surface area (Å²) in [5.41, 5.74) is 3.32. The fourth-order valence-electron chi connectivity index (χ4n) is 3.79. The summed E-state index contributed by atoms with van der Waals surface area (Å²) in [5.74, 6) is 1.27. The maximum Gasteiger partial charge on any atom is 0.325 e. The van der Waals surface area contributed by atoms with Gasteiger partial charge in [0.2, 0.25) is 0 Å². The molecule has 1 aliphatic heterocycles. The Labute approximate surface area is 183 Å². The number of rotatable bonds is 6. The molecule has 2 heterocycles. The van der Waals surface area contributed by atoms with Crippen molar-refractivity contribution in [3.63, 3.8) is 0 Å². The van der Waals surface area contributed by atoms with Crippen LogP contribution in [0.5, 0.6) is 0 Å². The molecule has 0 radical (unpaired) electrons. The highest BCUT2D eigenvalue weighted by atomic mass is 16.5. The van der Waals surface area contributed by atoms with E-state index in [4.69, 9.17) is 9.72 Å². The highest BCUT2D eigenvalue weighted by Gasteiger charge is 2.23. The van der Waals surface area contributed by atoms with E-state index < -0.39 is 5.97 Å². The number of aromatic nitrogens is 2. The van der Waals surface area contributed by atoms with E-state index in [2.05, 4.69) is 27.3 Å². The Hall–Kier alpha value is -3.16. The molecule has 166 valence electrons. The number of esters is 1. The standard InChI is InChI=1S/C23H31N5O3/c1-4-31-21(29)16-24-23(30)28-12-8-11-27(13-14-28)22-20(17(2)25-18(3)26-22)15-19-9-6-5-7-10-19/h5-7,9-10H,4,8,11-16H2,1-3H3,(H,24,30). The number of nitrogens with zero attached hydrogens (tertiary/aromatic N) is 4. The van der Waals surface area contributed by atoms with Gasteiger partial charge in [-0.05, 0) is 32.8 Å². The van der Waals surface area contributed by atoms with Gasteiger partial charge in [-0.3, -0.25) is 4.79 Å². The van der Waals surface area contributed by atoms with Crippen LogP contribution in [-0.4, -0.2) is 66.2 Å². The Morgan fingerprint density at radius 2 is 1.84 bits per heavy atom. The average molecular weight is 426 g/mol. The summed E-state index contributed by atoms with van der Waals surface area (Å²) in [6, 6.07) is 10.1. The van der Waals surface area contributed by atoms with E-state index in [0.29, 0.717) is 26.2 Å². The molecule has 8 nitrogen and oxygen atoms in total. The lowest BCUT2D eigenvalue weighted by Crippen LogP contribution is -2.44. The molecule has 31 heavy (non-hydrogen) atoms. The monoisotopic (exact) mass is 425 g/mol. The molecule has 1 aromatic heterocycles. The van der Waals surface area contributed by atoms with Gasteiger partial charge in [-0.15, -0.1) is 0 Å². The van der Waals surface area contributed by atoms with Crippen molar-refractivity contribution in [2.24, 2.45) is 0 Å². The van der Waals surface area contributed by atoms with E-state index in [1.807, 2.05) is 32.0 Å². The van der Waals surface area contributed by atoms with E-state index >= 15 is 0 Å². The number of carbonyl (C=O) groups excluding carboxylic acids is 2. The van der Waals surface area contributed by atoms with Crippen molar-refractivity contribution in [3.05, 3.63) is 53.0 Å². The molecule has 1 fully saturated rings. The summed E-state index contributed by atoms with van der Waals surface area (Å²) in [6.07, 6.45) is 1.59. The number of benzene rings is 1. The summed E-state index contributed by atoms with van der Waals surface area (Å²) in [6.45, 7) is 8.54. The Morgan fingerprint density at radius 3 is 2.58 bits per heavy atom. The lowest BCUT2D eigenvalue weighted by molar-refractivity contribution is -0.141. The van der Waals surface area contributed by atoms with E-state index in [1.165, 1.54) is 5.56 Å². The summed E-state index contributed by atoms with van der Waals surface area (Å²) < 4.78 is 4.87. The van der Waals surface area contributed by atoms with E-state index in [1.54, 1.807) is 11.8 Å². The van der Waals surface area contributed by atoms with Crippen LogP contribution in [-0.2, 0) is 16.0 Å². The van der Waals surface area contributed by atoms with Gasteiger partial charge >= 0.3 is 12.0 Å². The molecule has 1 N–H and O–H groups in total. The molecule has 8 heteroatoms. The van der Waals surface area contributed by atoms with Crippen molar-refractivity contribution in [2.45, 2.75) is 33.6 Å². The van der Waals surface area contributed by atoms with Gasteiger partial charge in [-0.1, -0.05) is 30.3 Å². The van der Waals surface area contributed by atoms with Gasteiger partial charge in [-0.2, -0.15) is 0 Å². The van der Waals surface area contributed by atoms with Crippen LogP contribution in [0.4, 0.5) is 10.6 Å². The number of hydrogen-bond acceptors (Lipinski definition) is 6. The molecule has 1 aliphatic rings. The minimum Gasteiger partial charge on any atom is -0.465 e. The highest BCUT2D eigenvalue weighted by molar-refractivity contribution is 5.80. The first-order valence-electron chi connectivity index (χ1n) is 10.8. The summed E-state index contributed by atoms with van der Waals surface area (Å²) >= 11 is 0. The van der Waals surface area contributed by atoms with Gasteiger partial charge in [-0.25, -0.2) is 14.8 Å². The van der Waals surface area contributed by atoms with E-state index in [9.17, 15) is 9.59 Å². The van der Waals surface area contributed by atoms with Crippen LogP contribution in [0, 0.1) is 13.8 Å². The molecule has 3 rings (SSSR count). The van der Waals surface area contributed by atoms with Gasteiger partial charge in [0.15, 0.2) is 0 Å². The molecule has 0 spiro atoms. The third-order valence-corrected chi connectivity index (χ3v) is 5.30. The zero-order valence-corrected chi connectivity index (χ0v) is 18.6. The number of carbonyl (C=O) groups is 2. The van der Waals surface area contributed by atoms with E-state index in [-0.39, 0.29) is 12.6 Å². The molecular weight excluding hydrogens is 394 g/mol. The van der Waals surface area contributed by atoms with Crippen molar-refractivity contribution in [3.8, 4) is 0 Å². The smallest absolute Gasteiger partial charge is 0.325 e. The first-order chi connectivity index (χ1) is 15.0. The first kappa shape index (κ1) is 22.5. The molecule has 0 bridgehead atoms. The van der Waals surface area contributed by atoms with Crippen molar-refractivity contribution in [1.82, 2.24) is 20.2 Å². The molecule has 1 aromatic carbocycles. The largest absolute Gasteiger partial charge is 0.465 e. The molecule has 0 saturated carbocycles. The van der Waals surface area contributed by atoms with Crippen molar-refractivity contribution in [1.29, 1.82) is 0 Å². The SMILES string of the molecule is CCOC(=O)CNC(=O)N1CCCN(c2nc(C)nc(C)c2Cc2ccccc2)CC1. The first-order valence-corrected chi connectivity index (χ1v) is 10.8. The number of amides is 2. The summed E-state index contributed by atoms with van der Waals surface area (Å²) in [4.78, 5) is 37.4. The lowest BCUT2D eigenvalue weighted by atomic mass is 10.0. The van der Waals surface area contributed by atoms with Gasteiger partial charge in [0.25, 0.3) is 0 Å². The minimum absolute atomic E-state index is 0.113. The normalized spacial score (nSPS) is 14.2. The quantitative estimate of drug-likeness (QED) is 0.716. The zero-order chi connectivity index (χ0) is 22.2. The Kier molecular flexibility index (Phi) is 7.81.